The molecule has 1 aromatic heterocycles. The van der Waals surface area contributed by atoms with Gasteiger partial charge in [0.15, 0.2) is 0 Å². The molecule has 124 valence electrons. The number of rotatable bonds is 5. The molecule has 1 aliphatic carbocycles. The second-order valence-electron chi connectivity index (χ2n) is 6.61. The third-order valence-electron chi connectivity index (χ3n) is 4.93. The quantitative estimate of drug-likeness (QED) is 0.903. The van der Waals surface area contributed by atoms with Crippen LogP contribution < -0.4 is 5.32 Å². The predicted molar refractivity (Wildman–Crippen MR) is 86.6 cm³/mol. The predicted octanol–water partition coefficient (Wildman–Crippen LogP) is 4.07. The lowest BCUT2D eigenvalue weighted by Crippen LogP contribution is -2.40. The summed E-state index contributed by atoms with van der Waals surface area (Å²) in [4.78, 5) is 0. The van der Waals surface area contributed by atoms with E-state index in [1.807, 2.05) is 19.1 Å². The Morgan fingerprint density at radius 1 is 1.17 bits per heavy atom. The zero-order chi connectivity index (χ0) is 16.3. The zero-order valence-electron chi connectivity index (χ0n) is 13.8. The minimum atomic E-state index is -0.178. The van der Waals surface area contributed by atoms with Gasteiger partial charge in [-0.25, -0.2) is 4.39 Å². The molecule has 5 heteroatoms. The Morgan fingerprint density at radius 3 is 2.48 bits per heavy atom. The van der Waals surface area contributed by atoms with Gasteiger partial charge < -0.3 is 9.73 Å². The fourth-order valence-corrected chi connectivity index (χ4v) is 3.52. The van der Waals surface area contributed by atoms with Gasteiger partial charge in [0.1, 0.15) is 5.82 Å². The van der Waals surface area contributed by atoms with Gasteiger partial charge in [0.25, 0.3) is 0 Å². The van der Waals surface area contributed by atoms with E-state index < -0.39 is 0 Å². The first-order valence-electron chi connectivity index (χ1n) is 8.38. The highest BCUT2D eigenvalue weighted by Crippen LogP contribution is 2.39. The molecule has 0 radical (unpaired) electrons. The van der Waals surface area contributed by atoms with Crippen molar-refractivity contribution < 1.29 is 8.81 Å². The Labute approximate surface area is 136 Å². The maximum atomic E-state index is 13.3. The van der Waals surface area contributed by atoms with Crippen LogP contribution in [-0.2, 0) is 5.41 Å². The SMILES string of the molecule is Cc1nnc([C@H](C)NCC2(c3ccc(F)cc3)CCCCC2)o1. The van der Waals surface area contributed by atoms with E-state index in [1.54, 1.807) is 19.1 Å². The van der Waals surface area contributed by atoms with Crippen molar-refractivity contribution in [2.24, 2.45) is 0 Å². The summed E-state index contributed by atoms with van der Waals surface area (Å²) >= 11 is 0. The van der Waals surface area contributed by atoms with Crippen LogP contribution in [0.5, 0.6) is 0 Å². The average Bonchev–Trinajstić information content (AvgIpc) is 3.01. The summed E-state index contributed by atoms with van der Waals surface area (Å²) in [7, 11) is 0. The van der Waals surface area contributed by atoms with Gasteiger partial charge in [-0.3, -0.25) is 0 Å². The number of hydrogen-bond acceptors (Lipinski definition) is 4. The molecule has 0 amide bonds. The van der Waals surface area contributed by atoms with Gasteiger partial charge in [-0.2, -0.15) is 0 Å². The molecular formula is C18H24FN3O. The Hall–Kier alpha value is -1.75. The molecule has 1 saturated carbocycles. The van der Waals surface area contributed by atoms with Crippen molar-refractivity contribution in [3.63, 3.8) is 0 Å². The first-order chi connectivity index (χ1) is 11.1. The van der Waals surface area contributed by atoms with Gasteiger partial charge in [-0.1, -0.05) is 31.4 Å². The Kier molecular flexibility index (Phi) is 4.76. The van der Waals surface area contributed by atoms with Crippen LogP contribution in [0.25, 0.3) is 0 Å². The minimum absolute atomic E-state index is 0.00968. The number of nitrogens with zero attached hydrogens (tertiary/aromatic N) is 2. The topological polar surface area (TPSA) is 51.0 Å². The summed E-state index contributed by atoms with van der Waals surface area (Å²) in [5.41, 5.74) is 1.29. The first-order valence-corrected chi connectivity index (χ1v) is 8.38. The summed E-state index contributed by atoms with van der Waals surface area (Å²) in [6.45, 7) is 4.67. The van der Waals surface area contributed by atoms with Crippen LogP contribution in [0.2, 0.25) is 0 Å². The molecular weight excluding hydrogens is 293 g/mol. The van der Waals surface area contributed by atoms with Crippen molar-refractivity contribution >= 4 is 0 Å². The molecule has 1 aromatic carbocycles. The highest BCUT2D eigenvalue weighted by atomic mass is 19.1. The lowest BCUT2D eigenvalue weighted by Gasteiger charge is -2.39. The van der Waals surface area contributed by atoms with E-state index in [0.29, 0.717) is 11.8 Å². The van der Waals surface area contributed by atoms with Crippen molar-refractivity contribution in [2.75, 3.05) is 6.54 Å². The molecule has 0 unspecified atom stereocenters. The van der Waals surface area contributed by atoms with E-state index in [9.17, 15) is 4.39 Å². The number of aromatic nitrogens is 2. The monoisotopic (exact) mass is 317 g/mol. The Bertz CT molecular complexity index is 632. The summed E-state index contributed by atoms with van der Waals surface area (Å²) in [5.74, 6) is 1.02. The van der Waals surface area contributed by atoms with E-state index in [0.717, 1.165) is 19.4 Å². The van der Waals surface area contributed by atoms with Crippen LogP contribution in [0, 0.1) is 12.7 Å². The minimum Gasteiger partial charge on any atom is -0.424 e. The molecule has 3 rings (SSSR count). The van der Waals surface area contributed by atoms with Crippen LogP contribution in [-0.4, -0.2) is 16.7 Å². The van der Waals surface area contributed by atoms with Crippen LogP contribution in [0.1, 0.15) is 62.4 Å². The van der Waals surface area contributed by atoms with Crippen molar-refractivity contribution in [3.05, 3.63) is 47.4 Å². The van der Waals surface area contributed by atoms with Crippen LogP contribution in [0.4, 0.5) is 4.39 Å². The molecule has 0 saturated heterocycles. The van der Waals surface area contributed by atoms with Crippen LogP contribution >= 0.6 is 0 Å². The lowest BCUT2D eigenvalue weighted by molar-refractivity contribution is 0.264. The smallest absolute Gasteiger partial charge is 0.233 e. The van der Waals surface area contributed by atoms with Crippen molar-refractivity contribution in [1.29, 1.82) is 0 Å². The van der Waals surface area contributed by atoms with Crippen LogP contribution in [0.15, 0.2) is 28.7 Å². The largest absolute Gasteiger partial charge is 0.424 e. The second-order valence-corrected chi connectivity index (χ2v) is 6.61. The molecule has 1 N–H and O–H groups in total. The summed E-state index contributed by atoms with van der Waals surface area (Å²) in [6.07, 6.45) is 5.96. The number of benzene rings is 1. The van der Waals surface area contributed by atoms with Gasteiger partial charge in [-0.05, 0) is 37.5 Å². The van der Waals surface area contributed by atoms with Gasteiger partial charge >= 0.3 is 0 Å². The zero-order valence-corrected chi connectivity index (χ0v) is 13.8. The molecule has 1 fully saturated rings. The highest BCUT2D eigenvalue weighted by molar-refractivity contribution is 5.27. The van der Waals surface area contributed by atoms with E-state index in [-0.39, 0.29) is 17.3 Å². The second kappa shape index (κ2) is 6.79. The third kappa shape index (κ3) is 3.61. The van der Waals surface area contributed by atoms with Crippen molar-refractivity contribution in [2.45, 2.75) is 57.4 Å². The van der Waals surface area contributed by atoms with Gasteiger partial charge in [0.05, 0.1) is 6.04 Å². The Morgan fingerprint density at radius 2 is 1.87 bits per heavy atom. The number of hydrogen-bond donors (Lipinski definition) is 1. The molecule has 0 bridgehead atoms. The van der Waals surface area contributed by atoms with Crippen molar-refractivity contribution in [1.82, 2.24) is 15.5 Å². The van der Waals surface area contributed by atoms with E-state index >= 15 is 0 Å². The molecule has 0 spiro atoms. The maximum absolute atomic E-state index is 13.3. The summed E-state index contributed by atoms with van der Waals surface area (Å²) in [6, 6.07) is 7.01. The van der Waals surface area contributed by atoms with E-state index in [2.05, 4.69) is 15.5 Å². The van der Waals surface area contributed by atoms with E-state index in [1.165, 1.54) is 24.8 Å². The van der Waals surface area contributed by atoms with Crippen molar-refractivity contribution in [3.8, 4) is 0 Å². The van der Waals surface area contributed by atoms with Gasteiger partial charge in [-0.15, -0.1) is 10.2 Å². The molecule has 1 atom stereocenters. The van der Waals surface area contributed by atoms with Crippen LogP contribution in [0.3, 0.4) is 0 Å². The van der Waals surface area contributed by atoms with Gasteiger partial charge in [0.2, 0.25) is 11.8 Å². The third-order valence-corrected chi connectivity index (χ3v) is 4.93. The highest BCUT2D eigenvalue weighted by Gasteiger charge is 2.34. The molecule has 1 aliphatic rings. The summed E-state index contributed by atoms with van der Waals surface area (Å²) < 4.78 is 18.8. The first kappa shape index (κ1) is 16.1. The molecule has 4 nitrogen and oxygen atoms in total. The normalized spacial score (nSPS) is 18.7. The lowest BCUT2D eigenvalue weighted by atomic mass is 9.69. The standard InChI is InChI=1S/C18H24FN3O/c1-13(17-22-21-14(2)23-17)20-12-18(10-4-3-5-11-18)15-6-8-16(19)9-7-15/h6-9,13,20H,3-5,10-12H2,1-2H3/t13-/m0/s1. The molecule has 1 heterocycles. The fourth-order valence-electron chi connectivity index (χ4n) is 3.52. The Balaban J connectivity index is 1.75. The average molecular weight is 317 g/mol. The molecule has 2 aromatic rings. The maximum Gasteiger partial charge on any atom is 0.233 e. The molecule has 0 aliphatic heterocycles. The number of halogens is 1. The van der Waals surface area contributed by atoms with Gasteiger partial charge in [0, 0.05) is 18.9 Å². The number of nitrogens with one attached hydrogen (secondary N) is 1. The fraction of sp³-hybridized carbons (Fsp3) is 0.556. The van der Waals surface area contributed by atoms with E-state index in [4.69, 9.17) is 4.42 Å². The number of aryl methyl sites for hydroxylation is 1. The summed E-state index contributed by atoms with van der Waals surface area (Å²) in [5, 5.41) is 11.5. The molecule has 23 heavy (non-hydrogen) atoms.